The van der Waals surface area contributed by atoms with Gasteiger partial charge in [0, 0.05) is 27.4 Å². The van der Waals surface area contributed by atoms with Crippen molar-refractivity contribution in [3.8, 4) is 11.5 Å². The summed E-state index contributed by atoms with van der Waals surface area (Å²) in [6, 6.07) is 10.7. The lowest BCUT2D eigenvalue weighted by Crippen LogP contribution is -2.03. The molecule has 1 heterocycles. The molecule has 1 N–H and O–H groups in total. The Labute approximate surface area is 133 Å². The molecule has 3 rings (SSSR count). The number of carbonyl (C=O) groups excluding carboxylic acids is 1. The number of hydrogen-bond acceptors (Lipinski definition) is 3. The van der Waals surface area contributed by atoms with Crippen LogP contribution in [0.1, 0.15) is 11.1 Å². The molecule has 1 amide bonds. The van der Waals surface area contributed by atoms with E-state index in [0.29, 0.717) is 22.1 Å². The summed E-state index contributed by atoms with van der Waals surface area (Å²) >= 11 is 6.04. The van der Waals surface area contributed by atoms with Crippen molar-refractivity contribution < 1.29 is 14.3 Å². The van der Waals surface area contributed by atoms with Crippen LogP contribution in [0, 0.1) is 0 Å². The lowest BCUT2D eigenvalue weighted by atomic mass is 10.0. The molecule has 2 aromatic rings. The van der Waals surface area contributed by atoms with Crippen LogP contribution >= 0.6 is 11.6 Å². The van der Waals surface area contributed by atoms with E-state index in [4.69, 9.17) is 21.1 Å². The first-order valence-corrected chi connectivity index (χ1v) is 7.05. The zero-order valence-corrected chi connectivity index (χ0v) is 12.9. The van der Waals surface area contributed by atoms with Gasteiger partial charge in [0.15, 0.2) is 0 Å². The van der Waals surface area contributed by atoms with Crippen LogP contribution in [-0.2, 0) is 4.79 Å². The molecule has 0 aromatic heterocycles. The van der Waals surface area contributed by atoms with E-state index in [-0.39, 0.29) is 5.91 Å². The standard InChI is InChI=1S/C17H14ClNO3/c1-21-12-4-5-15-13(9-12)14(17(20)19-15)8-10-7-11(18)3-6-16(10)22-2/h3-9H,1-2H3,(H,19,20)/b14-8+. The summed E-state index contributed by atoms with van der Waals surface area (Å²) in [5.41, 5.74) is 2.86. The van der Waals surface area contributed by atoms with Gasteiger partial charge in [-0.25, -0.2) is 0 Å². The summed E-state index contributed by atoms with van der Waals surface area (Å²) in [5.74, 6) is 1.19. The Kier molecular flexibility index (Phi) is 3.77. The molecular weight excluding hydrogens is 302 g/mol. The Morgan fingerprint density at radius 1 is 1.09 bits per heavy atom. The Balaban J connectivity index is 2.13. The van der Waals surface area contributed by atoms with Crippen molar-refractivity contribution in [1.29, 1.82) is 0 Å². The number of anilines is 1. The fourth-order valence-electron chi connectivity index (χ4n) is 2.41. The minimum atomic E-state index is -0.162. The lowest BCUT2D eigenvalue weighted by Gasteiger charge is -2.07. The normalized spacial score (nSPS) is 14.7. The van der Waals surface area contributed by atoms with E-state index in [1.54, 1.807) is 38.5 Å². The fourth-order valence-corrected chi connectivity index (χ4v) is 2.59. The average molecular weight is 316 g/mol. The molecule has 0 radical (unpaired) electrons. The molecule has 1 aliphatic rings. The molecule has 1 aliphatic heterocycles. The highest BCUT2D eigenvalue weighted by Gasteiger charge is 2.25. The van der Waals surface area contributed by atoms with Gasteiger partial charge in [-0.15, -0.1) is 0 Å². The molecule has 0 unspecified atom stereocenters. The molecule has 0 saturated carbocycles. The third kappa shape index (κ3) is 2.53. The number of fused-ring (bicyclic) bond motifs is 1. The van der Waals surface area contributed by atoms with Crippen LogP contribution in [0.25, 0.3) is 11.6 Å². The van der Waals surface area contributed by atoms with Crippen molar-refractivity contribution in [1.82, 2.24) is 0 Å². The number of rotatable bonds is 3. The highest BCUT2D eigenvalue weighted by Crippen LogP contribution is 2.37. The smallest absolute Gasteiger partial charge is 0.256 e. The fraction of sp³-hybridized carbons (Fsp3) is 0.118. The molecular formula is C17H14ClNO3. The lowest BCUT2D eigenvalue weighted by molar-refractivity contribution is -0.110. The third-order valence-corrected chi connectivity index (χ3v) is 3.74. The summed E-state index contributed by atoms with van der Waals surface area (Å²) in [6.07, 6.45) is 1.77. The van der Waals surface area contributed by atoms with E-state index in [1.807, 2.05) is 18.2 Å². The molecule has 0 bridgehead atoms. The highest BCUT2D eigenvalue weighted by molar-refractivity contribution is 6.35. The second-order valence-electron chi connectivity index (χ2n) is 4.81. The van der Waals surface area contributed by atoms with E-state index in [2.05, 4.69) is 5.32 Å². The molecule has 112 valence electrons. The molecule has 4 nitrogen and oxygen atoms in total. The largest absolute Gasteiger partial charge is 0.497 e. The van der Waals surface area contributed by atoms with Gasteiger partial charge in [-0.3, -0.25) is 4.79 Å². The second kappa shape index (κ2) is 5.73. The number of ether oxygens (including phenoxy) is 2. The zero-order valence-electron chi connectivity index (χ0n) is 12.1. The maximum atomic E-state index is 12.2. The van der Waals surface area contributed by atoms with Crippen LogP contribution in [0.5, 0.6) is 11.5 Å². The van der Waals surface area contributed by atoms with Gasteiger partial charge < -0.3 is 14.8 Å². The van der Waals surface area contributed by atoms with Crippen LogP contribution in [-0.4, -0.2) is 20.1 Å². The summed E-state index contributed by atoms with van der Waals surface area (Å²) in [6.45, 7) is 0. The van der Waals surface area contributed by atoms with E-state index in [1.165, 1.54) is 0 Å². The molecule has 0 fully saturated rings. The zero-order chi connectivity index (χ0) is 15.7. The van der Waals surface area contributed by atoms with Crippen molar-refractivity contribution in [2.75, 3.05) is 19.5 Å². The quantitative estimate of drug-likeness (QED) is 0.875. The van der Waals surface area contributed by atoms with Gasteiger partial charge in [-0.05, 0) is 42.5 Å². The van der Waals surface area contributed by atoms with Crippen LogP contribution in [0.4, 0.5) is 5.69 Å². The number of nitrogens with one attached hydrogen (secondary N) is 1. The van der Waals surface area contributed by atoms with Crippen LogP contribution in [0.15, 0.2) is 36.4 Å². The van der Waals surface area contributed by atoms with Crippen LogP contribution in [0.2, 0.25) is 5.02 Å². The van der Waals surface area contributed by atoms with Crippen LogP contribution in [0.3, 0.4) is 0 Å². The number of methoxy groups -OCH3 is 2. The van der Waals surface area contributed by atoms with Gasteiger partial charge in [0.1, 0.15) is 11.5 Å². The van der Waals surface area contributed by atoms with E-state index >= 15 is 0 Å². The van der Waals surface area contributed by atoms with E-state index in [9.17, 15) is 4.79 Å². The maximum Gasteiger partial charge on any atom is 0.256 e. The summed E-state index contributed by atoms with van der Waals surface area (Å²) in [5, 5.41) is 3.42. The Hall–Kier alpha value is -2.46. The minimum absolute atomic E-state index is 0.162. The first-order valence-electron chi connectivity index (χ1n) is 6.67. The molecule has 5 heteroatoms. The predicted octanol–water partition coefficient (Wildman–Crippen LogP) is 3.85. The van der Waals surface area contributed by atoms with Gasteiger partial charge >= 0.3 is 0 Å². The monoisotopic (exact) mass is 315 g/mol. The van der Waals surface area contributed by atoms with E-state index in [0.717, 1.165) is 16.8 Å². The molecule has 0 saturated heterocycles. The SMILES string of the molecule is COc1ccc2c(c1)/C(=C\c1cc(Cl)ccc1OC)C(=O)N2. The van der Waals surface area contributed by atoms with E-state index < -0.39 is 0 Å². The number of amides is 1. The third-order valence-electron chi connectivity index (χ3n) is 3.50. The number of hydrogen-bond donors (Lipinski definition) is 1. The van der Waals surface area contributed by atoms with Crippen molar-refractivity contribution in [2.45, 2.75) is 0 Å². The number of benzene rings is 2. The van der Waals surface area contributed by atoms with Gasteiger partial charge in [0.05, 0.1) is 14.2 Å². The van der Waals surface area contributed by atoms with Crippen molar-refractivity contribution in [3.05, 3.63) is 52.5 Å². The second-order valence-corrected chi connectivity index (χ2v) is 5.25. The average Bonchev–Trinajstić information content (AvgIpc) is 2.83. The minimum Gasteiger partial charge on any atom is -0.497 e. The summed E-state index contributed by atoms with van der Waals surface area (Å²) in [4.78, 5) is 12.2. The topological polar surface area (TPSA) is 47.6 Å². The first-order chi connectivity index (χ1) is 10.6. The molecule has 0 atom stereocenters. The number of halogens is 1. The highest BCUT2D eigenvalue weighted by atomic mass is 35.5. The molecule has 22 heavy (non-hydrogen) atoms. The van der Waals surface area contributed by atoms with Crippen molar-refractivity contribution >= 4 is 34.8 Å². The first kappa shape index (κ1) is 14.5. The maximum absolute atomic E-state index is 12.2. The van der Waals surface area contributed by atoms with Gasteiger partial charge in [0.25, 0.3) is 5.91 Å². The van der Waals surface area contributed by atoms with Gasteiger partial charge in [0.2, 0.25) is 0 Å². The predicted molar refractivity (Wildman–Crippen MR) is 87.5 cm³/mol. The summed E-state index contributed by atoms with van der Waals surface area (Å²) < 4.78 is 10.5. The van der Waals surface area contributed by atoms with Gasteiger partial charge in [-0.1, -0.05) is 11.6 Å². The van der Waals surface area contributed by atoms with Crippen molar-refractivity contribution in [2.24, 2.45) is 0 Å². The molecule has 2 aromatic carbocycles. The van der Waals surface area contributed by atoms with Crippen LogP contribution < -0.4 is 14.8 Å². The molecule has 0 spiro atoms. The Bertz CT molecular complexity index is 783. The Morgan fingerprint density at radius 2 is 1.91 bits per heavy atom. The van der Waals surface area contributed by atoms with Gasteiger partial charge in [-0.2, -0.15) is 0 Å². The molecule has 0 aliphatic carbocycles. The summed E-state index contributed by atoms with van der Waals surface area (Å²) in [7, 11) is 3.17. The van der Waals surface area contributed by atoms with Crippen molar-refractivity contribution in [3.63, 3.8) is 0 Å². The Morgan fingerprint density at radius 3 is 2.64 bits per heavy atom. The number of carbonyl (C=O) groups is 1.